The standard InChI is InChI=1S/C10H14N4O5S/c1-6-12-5-8(13-6)20(18,19)14-3-2-11-10(17)7(14)4-9(15)16/h5,7H,2-4H2,1H3,(H,11,17)(H,12,13)(H,15,16). The van der Waals surface area contributed by atoms with Crippen LogP contribution in [0.1, 0.15) is 12.2 Å². The van der Waals surface area contributed by atoms with Crippen LogP contribution < -0.4 is 5.32 Å². The minimum absolute atomic E-state index is 0.0179. The zero-order valence-corrected chi connectivity index (χ0v) is 11.5. The lowest BCUT2D eigenvalue weighted by Crippen LogP contribution is -2.57. The summed E-state index contributed by atoms with van der Waals surface area (Å²) < 4.78 is 25.7. The Balaban J connectivity index is 2.36. The first-order valence-corrected chi connectivity index (χ1v) is 7.29. The van der Waals surface area contributed by atoms with Gasteiger partial charge in [-0.05, 0) is 6.92 Å². The van der Waals surface area contributed by atoms with E-state index in [1.54, 1.807) is 6.92 Å². The Labute approximate surface area is 115 Å². The molecule has 1 fully saturated rings. The van der Waals surface area contributed by atoms with Crippen molar-refractivity contribution in [3.63, 3.8) is 0 Å². The number of carbonyl (C=O) groups is 2. The minimum atomic E-state index is -3.98. The fraction of sp³-hybridized carbons (Fsp3) is 0.500. The van der Waals surface area contributed by atoms with Gasteiger partial charge in [0.2, 0.25) is 5.91 Å². The molecule has 1 aliphatic rings. The molecule has 10 heteroatoms. The highest BCUT2D eigenvalue weighted by Crippen LogP contribution is 2.20. The van der Waals surface area contributed by atoms with Gasteiger partial charge in [-0.2, -0.15) is 4.31 Å². The number of rotatable bonds is 4. The Morgan fingerprint density at radius 3 is 2.85 bits per heavy atom. The van der Waals surface area contributed by atoms with Crippen molar-refractivity contribution in [3.8, 4) is 0 Å². The van der Waals surface area contributed by atoms with Crippen LogP contribution in [0, 0.1) is 6.92 Å². The van der Waals surface area contributed by atoms with E-state index in [2.05, 4.69) is 15.3 Å². The number of aromatic amines is 1. The van der Waals surface area contributed by atoms with Gasteiger partial charge in [0.1, 0.15) is 11.9 Å². The second-order valence-corrected chi connectivity index (χ2v) is 6.21. The third-order valence-corrected chi connectivity index (χ3v) is 4.73. The van der Waals surface area contributed by atoms with E-state index in [0.717, 1.165) is 10.5 Å². The van der Waals surface area contributed by atoms with Gasteiger partial charge < -0.3 is 15.4 Å². The highest BCUT2D eigenvalue weighted by Gasteiger charge is 2.40. The topological polar surface area (TPSA) is 132 Å². The number of imidazole rings is 1. The van der Waals surface area contributed by atoms with E-state index >= 15 is 0 Å². The summed E-state index contributed by atoms with van der Waals surface area (Å²) in [5, 5.41) is 11.1. The molecule has 20 heavy (non-hydrogen) atoms. The van der Waals surface area contributed by atoms with Gasteiger partial charge in [-0.25, -0.2) is 13.4 Å². The number of sulfonamides is 1. The predicted octanol–water partition coefficient (Wildman–Crippen LogP) is -1.32. The molecule has 0 radical (unpaired) electrons. The number of carbonyl (C=O) groups excluding carboxylic acids is 1. The van der Waals surface area contributed by atoms with Crippen molar-refractivity contribution in [1.29, 1.82) is 0 Å². The summed E-state index contributed by atoms with van der Waals surface area (Å²) in [6.45, 7) is 1.75. The van der Waals surface area contributed by atoms with E-state index in [0.29, 0.717) is 5.82 Å². The molecule has 0 aromatic carbocycles. The van der Waals surface area contributed by atoms with Crippen molar-refractivity contribution in [2.45, 2.75) is 24.4 Å². The number of aromatic nitrogens is 2. The predicted molar refractivity (Wildman–Crippen MR) is 66.3 cm³/mol. The Kier molecular flexibility index (Phi) is 3.77. The van der Waals surface area contributed by atoms with Gasteiger partial charge in [0.15, 0.2) is 5.03 Å². The van der Waals surface area contributed by atoms with E-state index in [4.69, 9.17) is 5.11 Å². The van der Waals surface area contributed by atoms with Crippen molar-refractivity contribution in [1.82, 2.24) is 19.6 Å². The summed E-state index contributed by atoms with van der Waals surface area (Å²) in [5.41, 5.74) is 0. The first kappa shape index (κ1) is 14.5. The largest absolute Gasteiger partial charge is 0.481 e. The van der Waals surface area contributed by atoms with Crippen molar-refractivity contribution in [3.05, 3.63) is 12.0 Å². The maximum Gasteiger partial charge on any atom is 0.305 e. The molecule has 110 valence electrons. The lowest BCUT2D eigenvalue weighted by Gasteiger charge is -2.32. The van der Waals surface area contributed by atoms with Gasteiger partial charge in [-0.3, -0.25) is 9.59 Å². The number of nitrogens with one attached hydrogen (secondary N) is 2. The van der Waals surface area contributed by atoms with Gasteiger partial charge in [0.25, 0.3) is 10.0 Å². The Bertz CT molecular complexity index is 638. The van der Waals surface area contributed by atoms with E-state index in [-0.39, 0.29) is 18.1 Å². The Morgan fingerprint density at radius 2 is 2.30 bits per heavy atom. The van der Waals surface area contributed by atoms with Crippen LogP contribution in [-0.4, -0.2) is 58.8 Å². The molecule has 3 N–H and O–H groups in total. The summed E-state index contributed by atoms with van der Waals surface area (Å²) in [5.74, 6) is -1.44. The summed E-state index contributed by atoms with van der Waals surface area (Å²) in [7, 11) is -3.98. The molecule has 1 aliphatic heterocycles. The molecule has 1 atom stereocenters. The van der Waals surface area contributed by atoms with Crippen molar-refractivity contribution >= 4 is 21.9 Å². The highest BCUT2D eigenvalue weighted by atomic mass is 32.2. The molecule has 0 saturated carbocycles. The molecule has 1 amide bonds. The van der Waals surface area contributed by atoms with E-state index < -0.39 is 34.4 Å². The van der Waals surface area contributed by atoms with Crippen LogP contribution in [-0.2, 0) is 19.6 Å². The van der Waals surface area contributed by atoms with Crippen LogP contribution in [0.5, 0.6) is 0 Å². The van der Waals surface area contributed by atoms with Crippen molar-refractivity contribution in [2.75, 3.05) is 13.1 Å². The number of H-pyrrole nitrogens is 1. The second-order valence-electron chi connectivity index (χ2n) is 4.35. The smallest absolute Gasteiger partial charge is 0.305 e. The molecule has 2 rings (SSSR count). The quantitative estimate of drug-likeness (QED) is 0.632. The van der Waals surface area contributed by atoms with Crippen molar-refractivity contribution < 1.29 is 23.1 Å². The molecule has 2 heterocycles. The molecular formula is C10H14N4O5S. The van der Waals surface area contributed by atoms with Crippen molar-refractivity contribution in [2.24, 2.45) is 0 Å². The van der Waals surface area contributed by atoms with Gasteiger partial charge >= 0.3 is 5.97 Å². The van der Waals surface area contributed by atoms with Gasteiger partial charge in [-0.15, -0.1) is 0 Å². The maximum atomic E-state index is 12.4. The van der Waals surface area contributed by atoms with Crippen LogP contribution in [0.4, 0.5) is 0 Å². The molecule has 1 saturated heterocycles. The number of aryl methyl sites for hydroxylation is 1. The number of amides is 1. The SMILES string of the molecule is Cc1ncc(S(=O)(=O)N2CCNC(=O)C2CC(=O)O)[nH]1. The number of nitrogens with zero attached hydrogens (tertiary/aromatic N) is 2. The molecule has 1 unspecified atom stereocenters. The third kappa shape index (κ3) is 2.65. The third-order valence-electron chi connectivity index (χ3n) is 2.92. The lowest BCUT2D eigenvalue weighted by atomic mass is 10.1. The number of hydrogen-bond donors (Lipinski definition) is 3. The number of aliphatic carboxylic acids is 1. The van der Waals surface area contributed by atoms with E-state index in [1.807, 2.05) is 0 Å². The van der Waals surface area contributed by atoms with Gasteiger partial charge in [-0.1, -0.05) is 0 Å². The Morgan fingerprint density at radius 1 is 1.60 bits per heavy atom. The molecule has 0 aliphatic carbocycles. The maximum absolute atomic E-state index is 12.4. The molecule has 0 bridgehead atoms. The average Bonchev–Trinajstić information content (AvgIpc) is 2.78. The van der Waals surface area contributed by atoms with E-state index in [1.165, 1.54) is 0 Å². The zero-order chi connectivity index (χ0) is 14.9. The normalized spacial score (nSPS) is 20.6. The summed E-state index contributed by atoms with van der Waals surface area (Å²) in [4.78, 5) is 28.9. The van der Waals surface area contributed by atoms with Crippen LogP contribution in [0.15, 0.2) is 11.2 Å². The van der Waals surface area contributed by atoms with Crippen LogP contribution in [0.3, 0.4) is 0 Å². The Hall–Kier alpha value is -1.94. The number of piperazine rings is 1. The lowest BCUT2D eigenvalue weighted by molar-refractivity contribution is -0.141. The first-order valence-electron chi connectivity index (χ1n) is 5.85. The molecule has 0 spiro atoms. The molecule has 1 aromatic rings. The average molecular weight is 302 g/mol. The summed E-state index contributed by atoms with van der Waals surface area (Å²) in [6.07, 6.45) is 0.563. The summed E-state index contributed by atoms with van der Waals surface area (Å²) >= 11 is 0. The van der Waals surface area contributed by atoms with Crippen LogP contribution in [0.2, 0.25) is 0 Å². The molecular weight excluding hydrogens is 288 g/mol. The minimum Gasteiger partial charge on any atom is -0.481 e. The number of hydrogen-bond acceptors (Lipinski definition) is 5. The highest BCUT2D eigenvalue weighted by molar-refractivity contribution is 7.89. The fourth-order valence-corrected chi connectivity index (χ4v) is 3.55. The van der Waals surface area contributed by atoms with Crippen LogP contribution >= 0.6 is 0 Å². The number of carboxylic acid groups (broad SMARTS) is 1. The second kappa shape index (κ2) is 5.21. The number of carboxylic acids is 1. The van der Waals surface area contributed by atoms with Gasteiger partial charge in [0.05, 0.1) is 12.6 Å². The first-order chi connectivity index (χ1) is 9.32. The monoisotopic (exact) mass is 302 g/mol. The molecule has 1 aromatic heterocycles. The van der Waals surface area contributed by atoms with Crippen LogP contribution in [0.25, 0.3) is 0 Å². The van der Waals surface area contributed by atoms with Gasteiger partial charge in [0, 0.05) is 13.1 Å². The molecule has 9 nitrogen and oxygen atoms in total. The van der Waals surface area contributed by atoms with E-state index in [9.17, 15) is 18.0 Å². The zero-order valence-electron chi connectivity index (χ0n) is 10.7. The summed E-state index contributed by atoms with van der Waals surface area (Å²) in [6, 6.07) is -1.25. The fourth-order valence-electron chi connectivity index (χ4n) is 2.00.